The first-order valence-corrected chi connectivity index (χ1v) is 7.07. The van der Waals surface area contributed by atoms with Crippen LogP contribution in [0, 0.1) is 6.92 Å². The molecule has 2 rings (SSSR count). The number of nitrogens with one attached hydrogen (secondary N) is 1. The van der Waals surface area contributed by atoms with E-state index in [-0.39, 0.29) is 11.9 Å². The van der Waals surface area contributed by atoms with Crippen LogP contribution in [0.25, 0.3) is 0 Å². The Balaban J connectivity index is 2.02. The Kier molecular flexibility index (Phi) is 4.80. The van der Waals surface area contributed by atoms with Gasteiger partial charge in [0.15, 0.2) is 0 Å². The first kappa shape index (κ1) is 14.6. The molecule has 3 heteroatoms. The van der Waals surface area contributed by atoms with E-state index in [1.54, 1.807) is 0 Å². The molecule has 20 heavy (non-hydrogen) atoms. The molecule has 0 bridgehead atoms. The van der Waals surface area contributed by atoms with Crippen molar-refractivity contribution in [2.45, 2.75) is 25.3 Å². The van der Waals surface area contributed by atoms with E-state index in [0.717, 1.165) is 11.1 Å². The van der Waals surface area contributed by atoms with Crippen LogP contribution in [0.3, 0.4) is 0 Å². The highest BCUT2D eigenvalue weighted by Crippen LogP contribution is 2.22. The summed E-state index contributed by atoms with van der Waals surface area (Å²) in [6.07, 6.45) is 0. The largest absolute Gasteiger partial charge is 0.348 e. The minimum atomic E-state index is -0.663. The number of hydrogen-bond donors (Lipinski definition) is 1. The van der Waals surface area contributed by atoms with Crippen molar-refractivity contribution in [2.24, 2.45) is 0 Å². The molecule has 2 aromatic rings. The van der Waals surface area contributed by atoms with Crippen LogP contribution in [0.2, 0.25) is 0 Å². The molecule has 0 radical (unpaired) electrons. The Morgan fingerprint density at radius 3 is 2.20 bits per heavy atom. The van der Waals surface area contributed by atoms with Gasteiger partial charge in [-0.2, -0.15) is 0 Å². The maximum absolute atomic E-state index is 12.2. The molecule has 1 N–H and O–H groups in total. The predicted octanol–water partition coefficient (Wildman–Crippen LogP) is 4.15. The van der Waals surface area contributed by atoms with Crippen LogP contribution in [-0.4, -0.2) is 5.91 Å². The first-order chi connectivity index (χ1) is 9.58. The van der Waals surface area contributed by atoms with Crippen molar-refractivity contribution in [1.29, 1.82) is 0 Å². The van der Waals surface area contributed by atoms with Gasteiger partial charge in [0.1, 0.15) is 5.38 Å². The van der Waals surface area contributed by atoms with Gasteiger partial charge < -0.3 is 5.32 Å². The third-order valence-electron chi connectivity index (χ3n) is 3.26. The Morgan fingerprint density at radius 1 is 1.00 bits per heavy atom. The first-order valence-electron chi connectivity index (χ1n) is 6.64. The smallest absolute Gasteiger partial charge is 0.243 e. The van der Waals surface area contributed by atoms with Crippen molar-refractivity contribution in [3.05, 3.63) is 71.3 Å². The van der Waals surface area contributed by atoms with Gasteiger partial charge in [-0.05, 0) is 25.0 Å². The van der Waals surface area contributed by atoms with E-state index < -0.39 is 5.38 Å². The maximum Gasteiger partial charge on any atom is 0.243 e. The van der Waals surface area contributed by atoms with Crippen molar-refractivity contribution in [3.63, 3.8) is 0 Å². The fourth-order valence-corrected chi connectivity index (χ4v) is 2.21. The molecule has 0 spiro atoms. The fraction of sp³-hybridized carbons (Fsp3) is 0.235. The second-order valence-electron chi connectivity index (χ2n) is 4.91. The van der Waals surface area contributed by atoms with Crippen molar-refractivity contribution in [1.82, 2.24) is 5.32 Å². The number of carbonyl (C=O) groups excluding carboxylic acids is 1. The lowest BCUT2D eigenvalue weighted by atomic mass is 10.1. The highest BCUT2D eigenvalue weighted by molar-refractivity contribution is 6.30. The zero-order valence-corrected chi connectivity index (χ0v) is 12.4. The number of rotatable bonds is 4. The molecule has 0 aliphatic heterocycles. The molecule has 0 heterocycles. The minimum Gasteiger partial charge on any atom is -0.348 e. The van der Waals surface area contributed by atoms with E-state index >= 15 is 0 Å². The average Bonchev–Trinajstić information content (AvgIpc) is 2.48. The number of halogens is 1. The van der Waals surface area contributed by atoms with E-state index in [4.69, 9.17) is 11.6 Å². The van der Waals surface area contributed by atoms with Crippen molar-refractivity contribution >= 4 is 17.5 Å². The highest BCUT2D eigenvalue weighted by atomic mass is 35.5. The molecule has 2 aromatic carbocycles. The maximum atomic E-state index is 12.2. The van der Waals surface area contributed by atoms with Crippen molar-refractivity contribution in [3.8, 4) is 0 Å². The Labute approximate surface area is 124 Å². The van der Waals surface area contributed by atoms with E-state index in [0.29, 0.717) is 0 Å². The molecule has 2 nitrogen and oxygen atoms in total. The Bertz CT molecular complexity index is 565. The summed E-state index contributed by atoms with van der Waals surface area (Å²) in [7, 11) is 0. The van der Waals surface area contributed by atoms with E-state index in [2.05, 4.69) is 5.32 Å². The average molecular weight is 288 g/mol. The van der Waals surface area contributed by atoms with Crippen LogP contribution in [0.5, 0.6) is 0 Å². The summed E-state index contributed by atoms with van der Waals surface area (Å²) in [6, 6.07) is 17.4. The molecule has 0 aromatic heterocycles. The van der Waals surface area contributed by atoms with E-state index in [9.17, 15) is 4.79 Å². The number of carbonyl (C=O) groups is 1. The number of amides is 1. The summed E-state index contributed by atoms with van der Waals surface area (Å²) in [5.74, 6) is -0.175. The molecule has 104 valence electrons. The fourth-order valence-electron chi connectivity index (χ4n) is 2.00. The molecular weight excluding hydrogens is 270 g/mol. The summed E-state index contributed by atoms with van der Waals surface area (Å²) >= 11 is 6.20. The Hall–Kier alpha value is -1.80. The van der Waals surface area contributed by atoms with Crippen LogP contribution < -0.4 is 5.32 Å². The molecular formula is C17H18ClNO. The third-order valence-corrected chi connectivity index (χ3v) is 3.71. The molecule has 0 saturated carbocycles. The van der Waals surface area contributed by atoms with Crippen LogP contribution in [0.4, 0.5) is 0 Å². The van der Waals surface area contributed by atoms with Gasteiger partial charge in [-0.3, -0.25) is 4.79 Å². The molecule has 1 unspecified atom stereocenters. The molecule has 1 amide bonds. The number of aryl methyl sites for hydroxylation is 1. The second kappa shape index (κ2) is 6.58. The van der Waals surface area contributed by atoms with Gasteiger partial charge in [0.25, 0.3) is 0 Å². The number of hydrogen-bond acceptors (Lipinski definition) is 1. The van der Waals surface area contributed by atoms with Gasteiger partial charge in [0.05, 0.1) is 6.04 Å². The monoisotopic (exact) mass is 287 g/mol. The van der Waals surface area contributed by atoms with Gasteiger partial charge in [0, 0.05) is 0 Å². The van der Waals surface area contributed by atoms with E-state index in [1.807, 2.05) is 68.4 Å². The summed E-state index contributed by atoms with van der Waals surface area (Å²) in [4.78, 5) is 12.2. The predicted molar refractivity (Wildman–Crippen MR) is 82.8 cm³/mol. The van der Waals surface area contributed by atoms with Gasteiger partial charge in [-0.1, -0.05) is 60.2 Å². The van der Waals surface area contributed by atoms with Crippen molar-refractivity contribution < 1.29 is 4.79 Å². The third kappa shape index (κ3) is 3.61. The zero-order valence-electron chi connectivity index (χ0n) is 11.6. The van der Waals surface area contributed by atoms with Gasteiger partial charge >= 0.3 is 0 Å². The van der Waals surface area contributed by atoms with Crippen LogP contribution in [-0.2, 0) is 4.79 Å². The standard InChI is InChI=1S/C17H18ClNO/c1-12-8-10-14(11-9-12)13(2)19-17(20)16(18)15-6-4-3-5-7-15/h3-11,13,16H,1-2H3,(H,19,20)/t13-,16?/m1/s1. The Morgan fingerprint density at radius 2 is 1.60 bits per heavy atom. The van der Waals surface area contributed by atoms with Crippen LogP contribution in [0.15, 0.2) is 54.6 Å². The number of alkyl halides is 1. The van der Waals surface area contributed by atoms with Gasteiger partial charge in [-0.25, -0.2) is 0 Å². The highest BCUT2D eigenvalue weighted by Gasteiger charge is 2.19. The molecule has 0 fully saturated rings. The lowest BCUT2D eigenvalue weighted by molar-refractivity contribution is -0.121. The molecule has 0 aliphatic rings. The quantitative estimate of drug-likeness (QED) is 0.841. The second-order valence-corrected chi connectivity index (χ2v) is 5.35. The molecule has 0 saturated heterocycles. The van der Waals surface area contributed by atoms with E-state index in [1.165, 1.54) is 5.56 Å². The summed E-state index contributed by atoms with van der Waals surface area (Å²) in [6.45, 7) is 3.99. The topological polar surface area (TPSA) is 29.1 Å². The lowest BCUT2D eigenvalue weighted by Gasteiger charge is -2.17. The summed E-state index contributed by atoms with van der Waals surface area (Å²) in [5.41, 5.74) is 3.08. The number of benzene rings is 2. The summed E-state index contributed by atoms with van der Waals surface area (Å²) < 4.78 is 0. The van der Waals surface area contributed by atoms with Crippen molar-refractivity contribution in [2.75, 3.05) is 0 Å². The van der Waals surface area contributed by atoms with Gasteiger partial charge in [0.2, 0.25) is 5.91 Å². The lowest BCUT2D eigenvalue weighted by Crippen LogP contribution is -2.29. The summed E-state index contributed by atoms with van der Waals surface area (Å²) in [5, 5.41) is 2.28. The SMILES string of the molecule is Cc1ccc([C@@H](C)NC(=O)C(Cl)c2ccccc2)cc1. The van der Waals surface area contributed by atoms with Crippen LogP contribution >= 0.6 is 11.6 Å². The zero-order chi connectivity index (χ0) is 14.5. The van der Waals surface area contributed by atoms with Crippen LogP contribution in [0.1, 0.15) is 35.0 Å². The normalized spacial score (nSPS) is 13.6. The molecule has 2 atom stereocenters. The van der Waals surface area contributed by atoms with Gasteiger partial charge in [-0.15, -0.1) is 11.6 Å². The minimum absolute atomic E-state index is 0.0620. The molecule has 0 aliphatic carbocycles.